The number of hydrogen-bond donors (Lipinski definition) is 1. The van der Waals surface area contributed by atoms with Gasteiger partial charge in [0.25, 0.3) is 6.48 Å². The summed E-state index contributed by atoms with van der Waals surface area (Å²) in [5.41, 5.74) is 0. The van der Waals surface area contributed by atoms with E-state index >= 15 is 0 Å². The summed E-state index contributed by atoms with van der Waals surface area (Å²) >= 11 is 0. The van der Waals surface area contributed by atoms with Crippen LogP contribution in [0.5, 0.6) is 0 Å². The second kappa shape index (κ2) is 15.9. The summed E-state index contributed by atoms with van der Waals surface area (Å²) < 4.78 is 10.4. The van der Waals surface area contributed by atoms with Gasteiger partial charge in [0.15, 0.2) is 0 Å². The van der Waals surface area contributed by atoms with Gasteiger partial charge in [0.2, 0.25) is 0 Å². The second-order valence-corrected chi connectivity index (χ2v) is 5.23. The molecule has 0 aromatic heterocycles. The first-order chi connectivity index (χ1) is 9.31. The van der Waals surface area contributed by atoms with Gasteiger partial charge < -0.3 is 14.6 Å². The minimum absolute atomic E-state index is 0.599. The van der Waals surface area contributed by atoms with Crippen molar-refractivity contribution >= 4 is 0 Å². The molecule has 0 saturated heterocycles. The fourth-order valence-electron chi connectivity index (χ4n) is 2.00. The molecule has 1 unspecified atom stereocenters. The van der Waals surface area contributed by atoms with Crippen LogP contribution in [0.25, 0.3) is 0 Å². The van der Waals surface area contributed by atoms with Crippen LogP contribution >= 0.6 is 0 Å². The molecule has 0 aliphatic rings. The first-order valence-corrected chi connectivity index (χ1v) is 8.22. The molecule has 0 radical (unpaired) electrons. The molecule has 0 aromatic carbocycles. The molecule has 1 atom stereocenters. The van der Waals surface area contributed by atoms with Gasteiger partial charge in [0.1, 0.15) is 0 Å². The Morgan fingerprint density at radius 3 is 1.42 bits per heavy atom. The van der Waals surface area contributed by atoms with E-state index < -0.39 is 6.48 Å². The summed E-state index contributed by atoms with van der Waals surface area (Å²) in [6.07, 6.45) is 13.4. The lowest BCUT2D eigenvalue weighted by Gasteiger charge is -2.12. The van der Waals surface area contributed by atoms with E-state index in [1.54, 1.807) is 0 Å². The highest BCUT2D eigenvalue weighted by molar-refractivity contribution is 4.44. The summed E-state index contributed by atoms with van der Waals surface area (Å²) in [5.74, 6) is 0. The molecule has 0 fully saturated rings. The zero-order valence-electron chi connectivity index (χ0n) is 13.0. The van der Waals surface area contributed by atoms with Crippen LogP contribution in [-0.4, -0.2) is 24.8 Å². The molecule has 0 rings (SSSR count). The van der Waals surface area contributed by atoms with Gasteiger partial charge in [-0.2, -0.15) is 0 Å². The van der Waals surface area contributed by atoms with Crippen LogP contribution < -0.4 is 0 Å². The fourth-order valence-corrected chi connectivity index (χ4v) is 2.00. The highest BCUT2D eigenvalue weighted by atomic mass is 16.8. The van der Waals surface area contributed by atoms with Crippen molar-refractivity contribution in [3.05, 3.63) is 0 Å². The Labute approximate surface area is 119 Å². The Hall–Kier alpha value is -0.120. The number of aliphatic hydroxyl groups excluding tert-OH is 1. The highest BCUT2D eigenvalue weighted by Gasteiger charge is 2.03. The molecule has 19 heavy (non-hydrogen) atoms. The van der Waals surface area contributed by atoms with Gasteiger partial charge in [-0.05, 0) is 12.8 Å². The topological polar surface area (TPSA) is 38.7 Å². The van der Waals surface area contributed by atoms with Gasteiger partial charge in [-0.15, -0.1) is 0 Å². The Morgan fingerprint density at radius 1 is 0.632 bits per heavy atom. The lowest BCUT2D eigenvalue weighted by Crippen LogP contribution is -2.17. The fraction of sp³-hybridized carbons (Fsp3) is 1.00. The maximum atomic E-state index is 9.45. The summed E-state index contributed by atoms with van der Waals surface area (Å²) in [4.78, 5) is 0. The predicted molar refractivity (Wildman–Crippen MR) is 80.0 cm³/mol. The quantitative estimate of drug-likeness (QED) is 0.349. The zero-order chi connectivity index (χ0) is 14.2. The van der Waals surface area contributed by atoms with E-state index in [1.165, 1.54) is 57.8 Å². The van der Waals surface area contributed by atoms with E-state index in [1.807, 2.05) is 0 Å². The van der Waals surface area contributed by atoms with Crippen molar-refractivity contribution in [2.24, 2.45) is 0 Å². The first-order valence-electron chi connectivity index (χ1n) is 8.22. The molecule has 0 heterocycles. The van der Waals surface area contributed by atoms with Crippen molar-refractivity contribution in [3.8, 4) is 0 Å². The number of ether oxygens (including phenoxy) is 2. The van der Waals surface area contributed by atoms with E-state index in [9.17, 15) is 5.11 Å². The third-order valence-electron chi connectivity index (χ3n) is 3.27. The Kier molecular flexibility index (Phi) is 15.8. The molecule has 3 heteroatoms. The maximum absolute atomic E-state index is 9.45. The number of unbranched alkanes of at least 4 members (excludes halogenated alkanes) is 9. The number of aliphatic hydroxyl groups is 1. The maximum Gasteiger partial charge on any atom is 0.269 e. The lowest BCUT2D eigenvalue weighted by atomic mass is 10.1. The molecule has 0 spiro atoms. The van der Waals surface area contributed by atoms with E-state index in [0.717, 1.165) is 12.8 Å². The lowest BCUT2D eigenvalue weighted by molar-refractivity contribution is -0.263. The predicted octanol–water partition coefficient (Wildman–Crippen LogP) is 4.63. The van der Waals surface area contributed by atoms with Crippen molar-refractivity contribution in [1.82, 2.24) is 0 Å². The SMILES string of the molecule is CCCCCCCCOC(O)OCCCCCCC. The Balaban J connectivity index is 3.10. The van der Waals surface area contributed by atoms with Gasteiger partial charge in [-0.1, -0.05) is 71.6 Å². The molecule has 0 saturated carbocycles. The van der Waals surface area contributed by atoms with Crippen molar-refractivity contribution in [3.63, 3.8) is 0 Å². The number of hydrogen-bond acceptors (Lipinski definition) is 3. The van der Waals surface area contributed by atoms with Crippen molar-refractivity contribution in [2.75, 3.05) is 13.2 Å². The third-order valence-corrected chi connectivity index (χ3v) is 3.27. The highest BCUT2D eigenvalue weighted by Crippen LogP contribution is 2.06. The van der Waals surface area contributed by atoms with Gasteiger partial charge in [0.05, 0.1) is 13.2 Å². The van der Waals surface area contributed by atoms with E-state index in [0.29, 0.717) is 13.2 Å². The summed E-state index contributed by atoms with van der Waals surface area (Å²) in [7, 11) is 0. The zero-order valence-corrected chi connectivity index (χ0v) is 13.0. The van der Waals surface area contributed by atoms with Gasteiger partial charge in [0, 0.05) is 0 Å². The van der Waals surface area contributed by atoms with E-state index in [-0.39, 0.29) is 0 Å². The van der Waals surface area contributed by atoms with Crippen LogP contribution in [0, 0.1) is 0 Å². The summed E-state index contributed by atoms with van der Waals surface area (Å²) in [5, 5.41) is 9.45. The minimum atomic E-state index is -1.03. The van der Waals surface area contributed by atoms with E-state index in [4.69, 9.17) is 9.47 Å². The normalized spacial score (nSPS) is 12.8. The van der Waals surface area contributed by atoms with Crippen LogP contribution in [-0.2, 0) is 9.47 Å². The largest absolute Gasteiger partial charge is 0.346 e. The number of rotatable bonds is 15. The van der Waals surface area contributed by atoms with Crippen molar-refractivity contribution < 1.29 is 14.6 Å². The molecule has 0 amide bonds. The molecule has 3 nitrogen and oxygen atoms in total. The van der Waals surface area contributed by atoms with Gasteiger partial charge >= 0.3 is 0 Å². The van der Waals surface area contributed by atoms with Crippen LogP contribution in [0.2, 0.25) is 0 Å². The van der Waals surface area contributed by atoms with Gasteiger partial charge in [-0.25, -0.2) is 0 Å². The van der Waals surface area contributed by atoms with Gasteiger partial charge in [-0.3, -0.25) is 0 Å². The molecule has 0 bridgehead atoms. The molecule has 0 aromatic rings. The first kappa shape index (κ1) is 18.9. The summed E-state index contributed by atoms with van der Waals surface area (Å²) in [6.45, 7) is 4.60. The third kappa shape index (κ3) is 15.8. The second-order valence-electron chi connectivity index (χ2n) is 5.23. The summed E-state index contributed by atoms with van der Waals surface area (Å²) in [6, 6.07) is 0. The van der Waals surface area contributed by atoms with Crippen LogP contribution in [0.1, 0.15) is 84.5 Å². The molecule has 0 aliphatic carbocycles. The molecular weight excluding hydrogens is 240 g/mol. The monoisotopic (exact) mass is 274 g/mol. The Bertz CT molecular complexity index is 162. The molecule has 116 valence electrons. The Morgan fingerprint density at radius 2 is 1.00 bits per heavy atom. The van der Waals surface area contributed by atoms with Crippen LogP contribution in [0.15, 0.2) is 0 Å². The van der Waals surface area contributed by atoms with E-state index in [2.05, 4.69) is 13.8 Å². The van der Waals surface area contributed by atoms with Crippen LogP contribution in [0.3, 0.4) is 0 Å². The average molecular weight is 274 g/mol. The van der Waals surface area contributed by atoms with Crippen molar-refractivity contribution in [2.45, 2.75) is 91.0 Å². The van der Waals surface area contributed by atoms with Crippen LogP contribution in [0.4, 0.5) is 0 Å². The minimum Gasteiger partial charge on any atom is -0.346 e. The smallest absolute Gasteiger partial charge is 0.269 e. The average Bonchev–Trinajstić information content (AvgIpc) is 2.41. The standard InChI is InChI=1S/C16H34O3/c1-3-5-7-9-11-13-15-19-16(17)18-14-12-10-8-6-4-2/h16-17H,3-15H2,1-2H3. The molecule has 1 N–H and O–H groups in total. The molecular formula is C16H34O3. The molecule has 0 aliphatic heterocycles. The van der Waals surface area contributed by atoms with Crippen molar-refractivity contribution in [1.29, 1.82) is 0 Å².